The Hall–Kier alpha value is -3.55. The number of amides is 1. The van der Waals surface area contributed by atoms with Crippen LogP contribution < -0.4 is 5.32 Å². The number of carbonyl (C=O) groups excluding carboxylic acids is 2. The number of benzene rings is 2. The fourth-order valence-electron chi connectivity index (χ4n) is 2.32. The normalized spacial score (nSPS) is 11.7. The van der Waals surface area contributed by atoms with Crippen molar-refractivity contribution in [2.45, 2.75) is 13.0 Å². The van der Waals surface area contributed by atoms with Gasteiger partial charge in [-0.15, -0.1) is 10.2 Å². The van der Waals surface area contributed by atoms with E-state index in [1.165, 1.54) is 31.4 Å². The van der Waals surface area contributed by atoms with Crippen molar-refractivity contribution in [3.05, 3.63) is 71.4 Å². The summed E-state index contributed by atoms with van der Waals surface area (Å²) in [6.07, 6.45) is 0. The van der Waals surface area contributed by atoms with Crippen LogP contribution >= 0.6 is 0 Å². The maximum absolute atomic E-state index is 13.0. The molecule has 0 aliphatic heterocycles. The fourth-order valence-corrected chi connectivity index (χ4v) is 2.32. The number of aromatic nitrogens is 2. The van der Waals surface area contributed by atoms with Gasteiger partial charge in [0.15, 0.2) is 0 Å². The molecule has 0 saturated heterocycles. The van der Waals surface area contributed by atoms with Crippen molar-refractivity contribution in [3.63, 3.8) is 0 Å². The number of hydrogen-bond donors (Lipinski definition) is 1. The van der Waals surface area contributed by atoms with Crippen LogP contribution in [0.3, 0.4) is 0 Å². The highest BCUT2D eigenvalue weighted by Crippen LogP contribution is 2.22. The minimum atomic E-state index is -1.27. The third-order valence-electron chi connectivity index (χ3n) is 3.80. The molecule has 3 rings (SSSR count). The Kier molecular flexibility index (Phi) is 5.25. The van der Waals surface area contributed by atoms with Crippen LogP contribution in [0.4, 0.5) is 4.39 Å². The largest absolute Gasteiger partial charge is 0.467 e. The van der Waals surface area contributed by atoms with E-state index in [0.717, 1.165) is 5.56 Å². The first-order chi connectivity index (χ1) is 13.0. The number of methoxy groups -OCH3 is 1. The zero-order valence-corrected chi connectivity index (χ0v) is 14.6. The summed E-state index contributed by atoms with van der Waals surface area (Å²) in [7, 11) is 1.19. The molecule has 1 N–H and O–H groups in total. The lowest BCUT2D eigenvalue weighted by molar-refractivity contribution is -0.143. The van der Waals surface area contributed by atoms with Gasteiger partial charge >= 0.3 is 5.97 Å². The van der Waals surface area contributed by atoms with Gasteiger partial charge in [0.05, 0.1) is 7.11 Å². The van der Waals surface area contributed by atoms with Gasteiger partial charge in [0.2, 0.25) is 11.9 Å². The molecule has 0 aliphatic carbocycles. The van der Waals surface area contributed by atoms with E-state index in [0.29, 0.717) is 11.1 Å². The van der Waals surface area contributed by atoms with Crippen molar-refractivity contribution < 1.29 is 23.1 Å². The lowest BCUT2D eigenvalue weighted by Crippen LogP contribution is -2.34. The third-order valence-corrected chi connectivity index (χ3v) is 3.80. The summed E-state index contributed by atoms with van der Waals surface area (Å²) >= 11 is 0. The molecule has 3 aromatic rings. The molecule has 0 fully saturated rings. The zero-order chi connectivity index (χ0) is 19.4. The Morgan fingerprint density at radius 2 is 1.74 bits per heavy atom. The number of nitrogens with zero attached hydrogens (tertiary/aromatic N) is 2. The summed E-state index contributed by atoms with van der Waals surface area (Å²) in [6, 6.07) is 11.0. The molecule has 2 aromatic carbocycles. The van der Waals surface area contributed by atoms with Gasteiger partial charge in [-0.2, -0.15) is 0 Å². The van der Waals surface area contributed by atoms with Gasteiger partial charge in [0.1, 0.15) is 5.82 Å². The molecule has 1 amide bonds. The molecule has 0 radical (unpaired) electrons. The summed E-state index contributed by atoms with van der Waals surface area (Å²) < 4.78 is 23.3. The van der Waals surface area contributed by atoms with E-state index < -0.39 is 23.7 Å². The monoisotopic (exact) mass is 369 g/mol. The number of ether oxygens (including phenoxy) is 1. The number of nitrogens with one attached hydrogen (secondary N) is 1. The zero-order valence-electron chi connectivity index (χ0n) is 14.6. The maximum Gasteiger partial charge on any atom is 0.338 e. The van der Waals surface area contributed by atoms with Crippen LogP contribution in [-0.4, -0.2) is 29.2 Å². The van der Waals surface area contributed by atoms with E-state index in [1.54, 1.807) is 24.3 Å². The van der Waals surface area contributed by atoms with Crippen LogP contribution in [0.5, 0.6) is 0 Å². The second-order valence-corrected chi connectivity index (χ2v) is 5.75. The average Bonchev–Trinajstić information content (AvgIpc) is 3.16. The molecule has 0 saturated carbocycles. The quantitative estimate of drug-likeness (QED) is 0.695. The maximum atomic E-state index is 13.0. The third kappa shape index (κ3) is 4.17. The highest BCUT2D eigenvalue weighted by atomic mass is 19.1. The highest BCUT2D eigenvalue weighted by Gasteiger charge is 2.30. The molecule has 0 bridgehead atoms. The number of halogens is 1. The molecule has 138 valence electrons. The molecular formula is C19H16FN3O4. The van der Waals surface area contributed by atoms with Crippen LogP contribution in [0.1, 0.15) is 27.9 Å². The van der Waals surface area contributed by atoms with Crippen molar-refractivity contribution in [1.82, 2.24) is 15.5 Å². The number of aryl methyl sites for hydroxylation is 1. The minimum Gasteiger partial charge on any atom is -0.467 e. The van der Waals surface area contributed by atoms with E-state index in [-0.39, 0.29) is 11.8 Å². The van der Waals surface area contributed by atoms with Crippen molar-refractivity contribution in [3.8, 4) is 11.5 Å². The molecule has 27 heavy (non-hydrogen) atoms. The van der Waals surface area contributed by atoms with Crippen LogP contribution in [0.25, 0.3) is 11.5 Å². The van der Waals surface area contributed by atoms with Gasteiger partial charge < -0.3 is 14.5 Å². The summed E-state index contributed by atoms with van der Waals surface area (Å²) in [4.78, 5) is 24.5. The molecular weight excluding hydrogens is 353 g/mol. The Balaban J connectivity index is 1.85. The van der Waals surface area contributed by atoms with E-state index in [9.17, 15) is 14.0 Å². The number of rotatable bonds is 5. The first-order valence-electron chi connectivity index (χ1n) is 8.02. The van der Waals surface area contributed by atoms with Gasteiger partial charge in [-0.25, -0.2) is 9.18 Å². The summed E-state index contributed by atoms with van der Waals surface area (Å²) in [5.74, 6) is -1.71. The molecule has 8 heteroatoms. The van der Waals surface area contributed by atoms with Gasteiger partial charge in [-0.3, -0.25) is 4.79 Å². The van der Waals surface area contributed by atoms with Crippen LogP contribution in [-0.2, 0) is 9.53 Å². The first-order valence-corrected chi connectivity index (χ1v) is 8.02. The molecule has 1 aromatic heterocycles. The second-order valence-electron chi connectivity index (χ2n) is 5.75. The summed E-state index contributed by atoms with van der Waals surface area (Å²) in [5, 5.41) is 10.2. The SMILES string of the molecule is COC(=O)[C@H](NC(=O)c1ccc(C)cc1)c1nnc(-c2ccc(F)cc2)o1. The van der Waals surface area contributed by atoms with E-state index in [4.69, 9.17) is 9.15 Å². The van der Waals surface area contributed by atoms with Gasteiger partial charge in [-0.1, -0.05) is 17.7 Å². The van der Waals surface area contributed by atoms with Crippen molar-refractivity contribution in [2.75, 3.05) is 7.11 Å². The second kappa shape index (κ2) is 7.77. The number of hydrogen-bond acceptors (Lipinski definition) is 6. The lowest BCUT2D eigenvalue weighted by atomic mass is 10.1. The van der Waals surface area contributed by atoms with E-state index >= 15 is 0 Å². The highest BCUT2D eigenvalue weighted by molar-refractivity contribution is 5.96. The number of carbonyl (C=O) groups is 2. The Morgan fingerprint density at radius 3 is 2.37 bits per heavy atom. The lowest BCUT2D eigenvalue weighted by Gasteiger charge is -2.13. The molecule has 0 spiro atoms. The molecule has 1 atom stereocenters. The summed E-state index contributed by atoms with van der Waals surface area (Å²) in [6.45, 7) is 1.90. The predicted molar refractivity (Wildman–Crippen MR) is 93.1 cm³/mol. The van der Waals surface area contributed by atoms with Gasteiger partial charge in [0, 0.05) is 11.1 Å². The van der Waals surface area contributed by atoms with Crippen LogP contribution in [0.15, 0.2) is 52.9 Å². The predicted octanol–water partition coefficient (Wildman–Crippen LogP) is 2.83. The molecule has 7 nitrogen and oxygen atoms in total. The van der Waals surface area contributed by atoms with Gasteiger partial charge in [-0.05, 0) is 43.3 Å². The van der Waals surface area contributed by atoms with Crippen LogP contribution in [0, 0.1) is 12.7 Å². The van der Waals surface area contributed by atoms with E-state index in [2.05, 4.69) is 15.5 Å². The standard InChI is InChI=1S/C19H16FN3O4/c1-11-3-5-12(6-4-11)16(24)21-15(19(25)26-2)18-23-22-17(27-18)13-7-9-14(20)10-8-13/h3-10,15H,1-2H3,(H,21,24)/t15-/m1/s1. The molecule has 1 heterocycles. The van der Waals surface area contributed by atoms with Crippen molar-refractivity contribution in [1.29, 1.82) is 0 Å². The van der Waals surface area contributed by atoms with E-state index in [1.807, 2.05) is 6.92 Å². The Bertz CT molecular complexity index is 952. The molecule has 0 aliphatic rings. The number of esters is 1. The topological polar surface area (TPSA) is 94.3 Å². The van der Waals surface area contributed by atoms with Crippen molar-refractivity contribution >= 4 is 11.9 Å². The van der Waals surface area contributed by atoms with Crippen molar-refractivity contribution in [2.24, 2.45) is 0 Å². The Morgan fingerprint density at radius 1 is 1.07 bits per heavy atom. The average molecular weight is 369 g/mol. The smallest absolute Gasteiger partial charge is 0.338 e. The Labute approximate surface area is 154 Å². The first kappa shape index (κ1) is 18.2. The van der Waals surface area contributed by atoms with Gasteiger partial charge in [0.25, 0.3) is 11.8 Å². The summed E-state index contributed by atoms with van der Waals surface area (Å²) in [5.41, 5.74) is 1.84. The van der Waals surface area contributed by atoms with Crippen LogP contribution in [0.2, 0.25) is 0 Å². The fraction of sp³-hybridized carbons (Fsp3) is 0.158. The molecule has 0 unspecified atom stereocenters. The minimum absolute atomic E-state index is 0.0866.